The minimum absolute atomic E-state index is 0.0409. The Morgan fingerprint density at radius 3 is 1.69 bits per heavy atom. The van der Waals surface area contributed by atoms with Gasteiger partial charge in [0.25, 0.3) is 0 Å². The van der Waals surface area contributed by atoms with Crippen molar-refractivity contribution in [1.82, 2.24) is 9.91 Å². The fourth-order valence-corrected chi connectivity index (χ4v) is 3.24. The maximum absolute atomic E-state index is 12.8. The van der Waals surface area contributed by atoms with Gasteiger partial charge in [0.2, 0.25) is 5.91 Å². The smallest absolute Gasteiger partial charge is 0.319 e. The van der Waals surface area contributed by atoms with Crippen LogP contribution >= 0.6 is 0 Å². The van der Waals surface area contributed by atoms with E-state index in [-0.39, 0.29) is 19.0 Å². The van der Waals surface area contributed by atoms with Gasteiger partial charge in [-0.2, -0.15) is 0 Å². The van der Waals surface area contributed by atoms with Crippen molar-refractivity contribution < 1.29 is 14.7 Å². The second-order valence-corrected chi connectivity index (χ2v) is 7.43. The molecule has 1 amide bonds. The van der Waals surface area contributed by atoms with Crippen LogP contribution in [0, 0.1) is 11.8 Å². The summed E-state index contributed by atoms with van der Waals surface area (Å²) in [5.41, 5.74) is 0. The highest BCUT2D eigenvalue weighted by molar-refractivity contribution is 5.79. The highest BCUT2D eigenvalue weighted by atomic mass is 16.4. The first-order chi connectivity index (χ1) is 12.4. The van der Waals surface area contributed by atoms with Gasteiger partial charge in [0.05, 0.1) is 6.54 Å². The zero-order valence-corrected chi connectivity index (χ0v) is 17.4. The fraction of sp³-hybridized carbons (Fsp3) is 0.900. The van der Waals surface area contributed by atoms with Crippen LogP contribution in [0.1, 0.15) is 79.1 Å². The number of rotatable bonds is 16. The van der Waals surface area contributed by atoms with Crippen molar-refractivity contribution in [2.75, 3.05) is 26.2 Å². The normalized spacial score (nSPS) is 13.6. The van der Waals surface area contributed by atoms with E-state index < -0.39 is 5.97 Å². The zero-order valence-electron chi connectivity index (χ0n) is 17.4. The molecular weight excluding hydrogens is 330 g/mol. The maximum Gasteiger partial charge on any atom is 0.319 e. The number of carboxylic acids is 1. The molecule has 0 aromatic carbocycles. The molecule has 154 valence electrons. The van der Waals surface area contributed by atoms with Crippen molar-refractivity contribution in [3.63, 3.8) is 0 Å². The van der Waals surface area contributed by atoms with Gasteiger partial charge >= 0.3 is 5.97 Å². The van der Waals surface area contributed by atoms with Crippen LogP contribution in [0.5, 0.6) is 0 Å². The summed E-state index contributed by atoms with van der Waals surface area (Å²) in [6.07, 6.45) is 9.04. The van der Waals surface area contributed by atoms with Crippen LogP contribution in [0.3, 0.4) is 0 Å². The molecule has 0 radical (unpaired) electrons. The minimum atomic E-state index is -1.02. The molecule has 0 aliphatic rings. The maximum atomic E-state index is 12.8. The first-order valence-electron chi connectivity index (χ1n) is 10.4. The number of hydrogen-bond donors (Lipinski definition) is 2. The summed E-state index contributed by atoms with van der Waals surface area (Å²) in [6, 6.07) is 0. The third-order valence-corrected chi connectivity index (χ3v) is 5.07. The lowest BCUT2D eigenvalue weighted by molar-refractivity contribution is -0.140. The quantitative estimate of drug-likeness (QED) is 0.320. The summed E-state index contributed by atoms with van der Waals surface area (Å²) in [5, 5.41) is 9.94. The summed E-state index contributed by atoms with van der Waals surface area (Å²) in [4.78, 5) is 25.5. The molecule has 0 saturated carbocycles. The van der Waals surface area contributed by atoms with Crippen molar-refractivity contribution in [3.8, 4) is 0 Å². The Hall–Kier alpha value is -1.14. The van der Waals surface area contributed by atoms with Crippen LogP contribution in [-0.4, -0.2) is 53.1 Å². The Bertz CT molecular complexity index is 372. The van der Waals surface area contributed by atoms with Crippen molar-refractivity contribution in [2.24, 2.45) is 17.7 Å². The van der Waals surface area contributed by atoms with E-state index in [1.165, 1.54) is 12.8 Å². The highest BCUT2D eigenvalue weighted by Crippen LogP contribution is 2.19. The molecule has 0 heterocycles. The molecule has 2 atom stereocenters. The summed E-state index contributed by atoms with van der Waals surface area (Å²) < 4.78 is 0. The number of hydrogen-bond acceptors (Lipinski definition) is 4. The summed E-state index contributed by atoms with van der Waals surface area (Å²) >= 11 is 0. The van der Waals surface area contributed by atoms with Gasteiger partial charge < -0.3 is 10.0 Å². The summed E-state index contributed by atoms with van der Waals surface area (Å²) in [5.74, 6) is 5.62. The number of nitrogens with two attached hydrogens (primary N) is 1. The summed E-state index contributed by atoms with van der Waals surface area (Å²) in [7, 11) is 0. The van der Waals surface area contributed by atoms with Crippen LogP contribution in [0.4, 0.5) is 0 Å². The van der Waals surface area contributed by atoms with Gasteiger partial charge in [0, 0.05) is 13.1 Å². The van der Waals surface area contributed by atoms with Crippen LogP contribution in [0.2, 0.25) is 0 Å². The van der Waals surface area contributed by atoms with Crippen molar-refractivity contribution in [3.05, 3.63) is 0 Å². The van der Waals surface area contributed by atoms with Crippen molar-refractivity contribution in [1.29, 1.82) is 0 Å². The van der Waals surface area contributed by atoms with Crippen LogP contribution in [-0.2, 0) is 9.59 Å². The van der Waals surface area contributed by atoms with E-state index in [1.54, 1.807) is 0 Å². The van der Waals surface area contributed by atoms with Gasteiger partial charge in [0.1, 0.15) is 6.54 Å². The van der Waals surface area contributed by atoms with Crippen molar-refractivity contribution >= 4 is 11.9 Å². The molecule has 6 nitrogen and oxygen atoms in total. The zero-order chi connectivity index (χ0) is 19.9. The number of hydrazine groups is 1. The lowest BCUT2D eigenvalue weighted by atomic mass is 9.95. The number of aliphatic carboxylic acids is 1. The Kier molecular flexibility index (Phi) is 14.3. The fourth-order valence-electron chi connectivity index (χ4n) is 3.24. The molecule has 0 bridgehead atoms. The van der Waals surface area contributed by atoms with Gasteiger partial charge in [-0.25, -0.2) is 5.01 Å². The highest BCUT2D eigenvalue weighted by Gasteiger charge is 2.22. The van der Waals surface area contributed by atoms with E-state index in [4.69, 9.17) is 10.9 Å². The number of carboxylic acid groups (broad SMARTS) is 1. The largest absolute Gasteiger partial charge is 0.480 e. The van der Waals surface area contributed by atoms with Crippen LogP contribution < -0.4 is 5.84 Å². The van der Waals surface area contributed by atoms with Crippen LogP contribution in [0.25, 0.3) is 0 Å². The van der Waals surface area contributed by atoms with Gasteiger partial charge in [-0.05, 0) is 24.7 Å². The van der Waals surface area contributed by atoms with Gasteiger partial charge in [-0.1, -0.05) is 66.2 Å². The lowest BCUT2D eigenvalue weighted by Crippen LogP contribution is -2.47. The number of amides is 1. The standard InChI is InChI=1S/C20H41N3O3/c1-5-9-11-17(7-3)13-22(14-18(8-4)12-10-6-2)19(24)15-23(21)16-20(25)26/h17-18H,5-16,21H2,1-4H3,(H,25,26). The third-order valence-electron chi connectivity index (χ3n) is 5.07. The second kappa shape index (κ2) is 15.0. The molecule has 0 saturated heterocycles. The molecule has 0 fully saturated rings. The first-order valence-corrected chi connectivity index (χ1v) is 10.4. The molecular formula is C20H41N3O3. The Morgan fingerprint density at radius 1 is 0.885 bits per heavy atom. The van der Waals surface area contributed by atoms with Crippen molar-refractivity contribution in [2.45, 2.75) is 79.1 Å². The average Bonchev–Trinajstić information content (AvgIpc) is 2.59. The van der Waals surface area contributed by atoms with E-state index in [0.717, 1.165) is 56.6 Å². The monoisotopic (exact) mass is 371 g/mol. The number of carbonyl (C=O) groups is 2. The molecule has 26 heavy (non-hydrogen) atoms. The number of unbranched alkanes of at least 4 members (excludes halogenated alkanes) is 2. The first kappa shape index (κ1) is 24.9. The van der Waals surface area contributed by atoms with E-state index in [9.17, 15) is 9.59 Å². The summed E-state index contributed by atoms with van der Waals surface area (Å²) in [6.45, 7) is 9.86. The predicted octanol–water partition coefficient (Wildman–Crippen LogP) is 3.51. The molecule has 0 aromatic rings. The third kappa shape index (κ3) is 11.5. The number of carbonyl (C=O) groups excluding carboxylic acids is 1. The van der Waals surface area contributed by atoms with Gasteiger partial charge in [-0.15, -0.1) is 0 Å². The molecule has 3 N–H and O–H groups in total. The Balaban J connectivity index is 4.98. The SMILES string of the molecule is CCCCC(CC)CN(CC(CC)CCCC)C(=O)CN(N)CC(=O)O. The van der Waals surface area contributed by atoms with E-state index in [1.807, 2.05) is 4.90 Å². The molecule has 0 aliphatic carbocycles. The van der Waals surface area contributed by atoms with E-state index in [2.05, 4.69) is 27.7 Å². The topological polar surface area (TPSA) is 86.9 Å². The Morgan fingerprint density at radius 2 is 1.35 bits per heavy atom. The van der Waals surface area contributed by atoms with Gasteiger partial charge in [0.15, 0.2) is 0 Å². The molecule has 0 rings (SSSR count). The minimum Gasteiger partial charge on any atom is -0.480 e. The number of nitrogens with zero attached hydrogens (tertiary/aromatic N) is 2. The molecule has 0 aliphatic heterocycles. The van der Waals surface area contributed by atoms with Gasteiger partial charge in [-0.3, -0.25) is 15.4 Å². The average molecular weight is 372 g/mol. The predicted molar refractivity (Wildman–Crippen MR) is 107 cm³/mol. The van der Waals surface area contributed by atoms with E-state index in [0.29, 0.717) is 11.8 Å². The molecule has 2 unspecified atom stereocenters. The molecule has 0 spiro atoms. The lowest BCUT2D eigenvalue weighted by Gasteiger charge is -2.31. The second-order valence-electron chi connectivity index (χ2n) is 7.43. The molecule has 0 aromatic heterocycles. The van der Waals surface area contributed by atoms with Crippen LogP contribution in [0.15, 0.2) is 0 Å². The van der Waals surface area contributed by atoms with E-state index >= 15 is 0 Å². The molecule has 6 heteroatoms. The Labute approximate surface area is 160 Å².